The summed E-state index contributed by atoms with van der Waals surface area (Å²) in [6, 6.07) is 0. The van der Waals surface area contributed by atoms with Crippen LogP contribution in [0.25, 0.3) is 0 Å². The van der Waals surface area contributed by atoms with E-state index in [-0.39, 0.29) is 5.75 Å². The van der Waals surface area contributed by atoms with Crippen LogP contribution in [0.2, 0.25) is 0 Å². The van der Waals surface area contributed by atoms with E-state index in [1.807, 2.05) is 4.90 Å². The second-order valence-corrected chi connectivity index (χ2v) is 8.34. The Morgan fingerprint density at radius 1 is 1.50 bits per heavy atom. The molecule has 0 spiro atoms. The second-order valence-electron chi connectivity index (χ2n) is 4.74. The molecule has 1 unspecified atom stereocenters. The van der Waals surface area contributed by atoms with Crippen molar-refractivity contribution in [2.75, 3.05) is 28.7 Å². The highest BCUT2D eigenvalue weighted by Crippen LogP contribution is 2.30. The number of carbonyl (C=O) groups excluding carboxylic acids is 1. The van der Waals surface area contributed by atoms with E-state index in [4.69, 9.17) is 0 Å². The number of aryl methyl sites for hydroxylation is 2. The Kier molecular flexibility index (Phi) is 4.43. The summed E-state index contributed by atoms with van der Waals surface area (Å²) in [6.45, 7) is 4.02. The molecule has 0 N–H and O–H groups in total. The summed E-state index contributed by atoms with van der Waals surface area (Å²) in [7, 11) is -1.46. The molecular formula is C12H19N3O3S2. The molecule has 1 aliphatic heterocycles. The van der Waals surface area contributed by atoms with E-state index < -0.39 is 15.2 Å². The molecule has 0 aromatic carbocycles. The van der Waals surface area contributed by atoms with Crippen LogP contribution in [0.3, 0.4) is 0 Å². The Hall–Kier alpha value is -1.02. The van der Waals surface area contributed by atoms with Crippen LogP contribution in [0.4, 0.5) is 5.82 Å². The Bertz CT molecular complexity index is 610. The van der Waals surface area contributed by atoms with E-state index in [9.17, 15) is 13.2 Å². The maximum atomic E-state index is 12.3. The average Bonchev–Trinajstić information content (AvgIpc) is 2.72. The lowest BCUT2D eigenvalue weighted by Gasteiger charge is -2.36. The molecule has 6 nitrogen and oxygen atoms in total. The largest absolute Gasteiger partial charge is 0.338 e. The maximum Gasteiger partial charge on any atom is 0.171 e. The molecule has 8 heteroatoms. The molecule has 112 valence electrons. The summed E-state index contributed by atoms with van der Waals surface area (Å²) >= 11 is 1.63. The summed E-state index contributed by atoms with van der Waals surface area (Å²) in [5, 5.41) is 3.66. The number of hydrogen-bond donors (Lipinski definition) is 0. The minimum atomic E-state index is -3.20. The number of thioether (sulfide) groups is 1. The van der Waals surface area contributed by atoms with Crippen LogP contribution in [0.15, 0.2) is 0 Å². The van der Waals surface area contributed by atoms with E-state index in [1.54, 1.807) is 37.3 Å². The first-order chi connectivity index (χ1) is 9.42. The summed E-state index contributed by atoms with van der Waals surface area (Å²) in [5.41, 5.74) is 1.11. The molecule has 2 heterocycles. The van der Waals surface area contributed by atoms with Crippen LogP contribution in [-0.4, -0.2) is 53.7 Å². The monoisotopic (exact) mass is 317 g/mol. The van der Waals surface area contributed by atoms with Crippen LogP contribution in [0.5, 0.6) is 0 Å². The fraction of sp³-hybridized carbons (Fsp3) is 0.667. The topological polar surface area (TPSA) is 72.3 Å². The van der Waals surface area contributed by atoms with Gasteiger partial charge >= 0.3 is 0 Å². The average molecular weight is 317 g/mol. The Morgan fingerprint density at radius 3 is 2.80 bits per heavy atom. The summed E-state index contributed by atoms with van der Waals surface area (Å²) in [6.07, 6.45) is 0.759. The van der Waals surface area contributed by atoms with Crippen LogP contribution in [-0.2, 0) is 16.9 Å². The first kappa shape index (κ1) is 15.4. The van der Waals surface area contributed by atoms with Crippen molar-refractivity contribution in [2.24, 2.45) is 7.05 Å². The van der Waals surface area contributed by atoms with Gasteiger partial charge in [0.2, 0.25) is 0 Å². The Balaban J connectivity index is 2.51. The molecule has 1 saturated heterocycles. The van der Waals surface area contributed by atoms with Gasteiger partial charge in [0.1, 0.15) is 11.2 Å². The van der Waals surface area contributed by atoms with Gasteiger partial charge in [-0.25, -0.2) is 8.42 Å². The zero-order valence-corrected chi connectivity index (χ0v) is 13.5. The molecule has 1 aromatic heterocycles. The van der Waals surface area contributed by atoms with Crippen molar-refractivity contribution in [1.29, 1.82) is 0 Å². The molecule has 0 radical (unpaired) electrons. The molecule has 20 heavy (non-hydrogen) atoms. The van der Waals surface area contributed by atoms with Gasteiger partial charge in [-0.3, -0.25) is 9.48 Å². The lowest BCUT2D eigenvalue weighted by atomic mass is 10.2. The van der Waals surface area contributed by atoms with Crippen LogP contribution >= 0.6 is 11.8 Å². The van der Waals surface area contributed by atoms with Crippen molar-refractivity contribution in [3.05, 3.63) is 11.3 Å². The molecule has 1 fully saturated rings. The van der Waals surface area contributed by atoms with Crippen LogP contribution in [0.1, 0.15) is 23.0 Å². The number of sulfone groups is 1. The smallest absolute Gasteiger partial charge is 0.171 e. The number of aldehydes is 1. The molecule has 1 atom stereocenters. The lowest BCUT2D eigenvalue weighted by Crippen LogP contribution is -2.49. The molecule has 1 aliphatic rings. The standard InChI is InChI=1S/C12H19N3O3S2/c1-4-20(17,18)11-8-19-6-5-15(11)12-10(7-16)9(2)13-14(12)3/h7,11H,4-6,8H2,1-3H3. The fourth-order valence-corrected chi connectivity index (χ4v) is 5.42. The van der Waals surface area contributed by atoms with Gasteiger partial charge in [-0.1, -0.05) is 6.92 Å². The van der Waals surface area contributed by atoms with Crippen molar-refractivity contribution < 1.29 is 13.2 Å². The van der Waals surface area contributed by atoms with Crippen LogP contribution < -0.4 is 4.90 Å². The van der Waals surface area contributed by atoms with Gasteiger partial charge in [-0.15, -0.1) is 0 Å². The third kappa shape index (κ3) is 2.58. The molecule has 1 aromatic rings. The SMILES string of the molecule is CCS(=O)(=O)C1CSCCN1c1c(C=O)c(C)nn1C. The van der Waals surface area contributed by atoms with E-state index >= 15 is 0 Å². The van der Waals surface area contributed by atoms with Gasteiger partial charge in [-0.05, 0) is 6.92 Å². The Morgan fingerprint density at radius 2 is 2.20 bits per heavy atom. The van der Waals surface area contributed by atoms with Crippen molar-refractivity contribution in [2.45, 2.75) is 19.2 Å². The van der Waals surface area contributed by atoms with Crippen molar-refractivity contribution >= 4 is 33.7 Å². The zero-order chi connectivity index (χ0) is 14.9. The van der Waals surface area contributed by atoms with E-state index in [1.165, 1.54) is 0 Å². The van der Waals surface area contributed by atoms with Gasteiger partial charge in [0, 0.05) is 30.9 Å². The predicted molar refractivity (Wildman–Crippen MR) is 81.3 cm³/mol. The summed E-state index contributed by atoms with van der Waals surface area (Å²) < 4.78 is 26.2. The number of nitrogens with zero attached hydrogens (tertiary/aromatic N) is 3. The first-order valence-electron chi connectivity index (χ1n) is 6.47. The van der Waals surface area contributed by atoms with E-state index in [2.05, 4.69) is 5.10 Å². The van der Waals surface area contributed by atoms with Gasteiger partial charge in [0.25, 0.3) is 0 Å². The highest BCUT2D eigenvalue weighted by atomic mass is 32.2. The van der Waals surface area contributed by atoms with Gasteiger partial charge in [0.05, 0.1) is 11.3 Å². The minimum absolute atomic E-state index is 0.0992. The molecule has 0 amide bonds. The van der Waals surface area contributed by atoms with E-state index in [0.29, 0.717) is 29.4 Å². The Labute approximate surface area is 123 Å². The predicted octanol–water partition coefficient (Wildman–Crippen LogP) is 0.855. The maximum absolute atomic E-state index is 12.3. The van der Waals surface area contributed by atoms with Gasteiger partial charge in [-0.2, -0.15) is 16.9 Å². The van der Waals surface area contributed by atoms with Crippen LogP contribution in [0, 0.1) is 6.92 Å². The first-order valence-corrected chi connectivity index (χ1v) is 9.34. The third-order valence-electron chi connectivity index (χ3n) is 3.53. The zero-order valence-electron chi connectivity index (χ0n) is 11.9. The minimum Gasteiger partial charge on any atom is -0.338 e. The second kappa shape index (κ2) is 5.77. The van der Waals surface area contributed by atoms with Gasteiger partial charge < -0.3 is 4.90 Å². The third-order valence-corrected chi connectivity index (χ3v) is 6.82. The lowest BCUT2D eigenvalue weighted by molar-refractivity contribution is 0.112. The summed E-state index contributed by atoms with van der Waals surface area (Å²) in [5.74, 6) is 2.08. The summed E-state index contributed by atoms with van der Waals surface area (Å²) in [4.78, 5) is 13.1. The number of hydrogen-bond acceptors (Lipinski definition) is 6. The molecule has 0 saturated carbocycles. The number of anilines is 1. The number of rotatable bonds is 4. The highest BCUT2D eigenvalue weighted by Gasteiger charge is 2.35. The fourth-order valence-electron chi connectivity index (χ4n) is 2.45. The molecular weight excluding hydrogens is 298 g/mol. The highest BCUT2D eigenvalue weighted by molar-refractivity contribution is 8.01. The quantitative estimate of drug-likeness (QED) is 0.767. The normalized spacial score (nSPS) is 20.1. The molecule has 2 rings (SSSR count). The van der Waals surface area contributed by atoms with Crippen molar-refractivity contribution in [3.63, 3.8) is 0 Å². The number of carbonyl (C=O) groups is 1. The van der Waals surface area contributed by atoms with Gasteiger partial charge in [0.15, 0.2) is 16.1 Å². The number of aromatic nitrogens is 2. The molecule has 0 bridgehead atoms. The van der Waals surface area contributed by atoms with E-state index in [0.717, 1.165) is 12.0 Å². The van der Waals surface area contributed by atoms with Crippen molar-refractivity contribution in [3.8, 4) is 0 Å². The van der Waals surface area contributed by atoms with Crippen molar-refractivity contribution in [1.82, 2.24) is 9.78 Å². The molecule has 0 aliphatic carbocycles.